The highest BCUT2D eigenvalue weighted by molar-refractivity contribution is 7.10. The van der Waals surface area contributed by atoms with E-state index in [1.165, 1.54) is 16.0 Å². The van der Waals surface area contributed by atoms with Gasteiger partial charge in [-0.2, -0.15) is 0 Å². The lowest BCUT2D eigenvalue weighted by molar-refractivity contribution is 0.0734. The molecule has 1 saturated heterocycles. The molecule has 0 saturated carbocycles. The number of amides is 1. The van der Waals surface area contributed by atoms with Crippen LogP contribution in [-0.2, 0) is 13.0 Å². The van der Waals surface area contributed by atoms with Crippen LogP contribution >= 0.6 is 11.3 Å². The maximum absolute atomic E-state index is 13.0. The Morgan fingerprint density at radius 2 is 2.18 bits per heavy atom. The molecule has 3 nitrogen and oxygen atoms in total. The van der Waals surface area contributed by atoms with Gasteiger partial charge >= 0.3 is 0 Å². The third kappa shape index (κ3) is 2.46. The summed E-state index contributed by atoms with van der Waals surface area (Å²) in [4.78, 5) is 16.5. The maximum Gasteiger partial charge on any atom is 0.254 e. The van der Waals surface area contributed by atoms with Gasteiger partial charge in [-0.05, 0) is 53.9 Å². The molecule has 1 atom stereocenters. The van der Waals surface area contributed by atoms with Crippen LogP contribution in [0.25, 0.3) is 0 Å². The second-order valence-electron chi connectivity index (χ2n) is 6.12. The minimum absolute atomic E-state index is 0.194. The van der Waals surface area contributed by atoms with Gasteiger partial charge in [0.15, 0.2) is 0 Å². The predicted octanol–water partition coefficient (Wildman–Crippen LogP) is 3.02. The fraction of sp³-hybridized carbons (Fsp3) is 0.389. The molecule has 2 aliphatic heterocycles. The molecule has 4 heteroatoms. The van der Waals surface area contributed by atoms with Crippen LogP contribution < -0.4 is 5.32 Å². The van der Waals surface area contributed by atoms with E-state index in [1.54, 1.807) is 0 Å². The van der Waals surface area contributed by atoms with E-state index < -0.39 is 0 Å². The van der Waals surface area contributed by atoms with Crippen LogP contribution in [0.4, 0.5) is 0 Å². The molecule has 1 fully saturated rings. The summed E-state index contributed by atoms with van der Waals surface area (Å²) in [6.45, 7) is 3.63. The largest absolute Gasteiger partial charge is 0.334 e. The number of fused-ring (bicyclic) bond motifs is 1. The van der Waals surface area contributed by atoms with Crippen LogP contribution in [0, 0.1) is 0 Å². The molecule has 0 radical (unpaired) electrons. The van der Waals surface area contributed by atoms with Gasteiger partial charge in [-0.3, -0.25) is 4.79 Å². The molecule has 2 aromatic rings. The topological polar surface area (TPSA) is 32.3 Å². The third-order valence-corrected chi connectivity index (χ3v) is 5.81. The summed E-state index contributed by atoms with van der Waals surface area (Å²) >= 11 is 1.81. The van der Waals surface area contributed by atoms with E-state index in [9.17, 15) is 4.79 Å². The fourth-order valence-corrected chi connectivity index (χ4v) is 4.45. The zero-order chi connectivity index (χ0) is 14.9. The van der Waals surface area contributed by atoms with Crippen molar-refractivity contribution in [3.8, 4) is 0 Å². The Bertz CT molecular complexity index is 688. The number of hydrogen-bond acceptors (Lipinski definition) is 3. The lowest BCUT2D eigenvalue weighted by atomic mass is 9.92. The van der Waals surface area contributed by atoms with Crippen molar-refractivity contribution >= 4 is 17.2 Å². The van der Waals surface area contributed by atoms with Crippen LogP contribution in [0.3, 0.4) is 0 Å². The third-order valence-electron chi connectivity index (χ3n) is 4.79. The lowest BCUT2D eigenvalue weighted by Gasteiger charge is -2.28. The smallest absolute Gasteiger partial charge is 0.254 e. The highest BCUT2D eigenvalue weighted by Gasteiger charge is 2.27. The number of carbonyl (C=O) groups excluding carboxylic acids is 1. The minimum atomic E-state index is 0.194. The van der Waals surface area contributed by atoms with E-state index in [2.05, 4.69) is 28.9 Å². The SMILES string of the molecule is O=C(c1ccccc1[C@@H]1CCNC1)N1CCc2sccc2C1. The predicted molar refractivity (Wildman–Crippen MR) is 89.4 cm³/mol. The first-order valence-corrected chi connectivity index (χ1v) is 8.85. The Kier molecular flexibility index (Phi) is 3.72. The van der Waals surface area contributed by atoms with Crippen molar-refractivity contribution < 1.29 is 4.79 Å². The van der Waals surface area contributed by atoms with Gasteiger partial charge in [0, 0.05) is 30.1 Å². The van der Waals surface area contributed by atoms with E-state index in [-0.39, 0.29) is 5.91 Å². The van der Waals surface area contributed by atoms with Gasteiger partial charge < -0.3 is 10.2 Å². The van der Waals surface area contributed by atoms with Gasteiger partial charge in [0.1, 0.15) is 0 Å². The zero-order valence-corrected chi connectivity index (χ0v) is 13.4. The summed E-state index contributed by atoms with van der Waals surface area (Å²) in [5.74, 6) is 0.668. The summed E-state index contributed by atoms with van der Waals surface area (Å²) < 4.78 is 0. The molecular weight excluding hydrogens is 292 g/mol. The molecule has 1 amide bonds. The van der Waals surface area contributed by atoms with Crippen molar-refractivity contribution in [3.05, 3.63) is 57.3 Å². The Morgan fingerprint density at radius 3 is 3.05 bits per heavy atom. The Hall–Kier alpha value is -1.65. The van der Waals surface area contributed by atoms with Crippen LogP contribution in [0.5, 0.6) is 0 Å². The van der Waals surface area contributed by atoms with Gasteiger partial charge in [0.2, 0.25) is 0 Å². The Balaban J connectivity index is 1.61. The molecule has 0 aliphatic carbocycles. The molecule has 0 bridgehead atoms. The monoisotopic (exact) mass is 312 g/mol. The number of benzene rings is 1. The molecule has 0 spiro atoms. The van der Waals surface area contributed by atoms with Crippen molar-refractivity contribution in [1.82, 2.24) is 10.2 Å². The minimum Gasteiger partial charge on any atom is -0.334 e. The molecule has 1 aromatic heterocycles. The molecular formula is C18H20N2OS. The Morgan fingerprint density at radius 1 is 1.27 bits per heavy atom. The van der Waals surface area contributed by atoms with Crippen LogP contribution in [-0.4, -0.2) is 30.4 Å². The maximum atomic E-state index is 13.0. The molecule has 0 unspecified atom stereocenters. The number of nitrogens with one attached hydrogen (secondary N) is 1. The van der Waals surface area contributed by atoms with Crippen molar-refractivity contribution in [2.75, 3.05) is 19.6 Å². The number of nitrogens with zero attached hydrogens (tertiary/aromatic N) is 1. The summed E-state index contributed by atoms with van der Waals surface area (Å²) in [5.41, 5.74) is 3.44. The standard InChI is InChI=1S/C18H20N2OS/c21-18(20-9-6-17-14(12-20)7-10-22-17)16-4-2-1-3-15(16)13-5-8-19-11-13/h1-4,7,10,13,19H,5-6,8-9,11-12H2/t13-/m1/s1. The second kappa shape index (κ2) is 5.86. The van der Waals surface area contributed by atoms with Gasteiger partial charge in [0.05, 0.1) is 0 Å². The van der Waals surface area contributed by atoms with Crippen LogP contribution in [0.15, 0.2) is 35.7 Å². The van der Waals surface area contributed by atoms with Gasteiger partial charge in [-0.25, -0.2) is 0 Å². The van der Waals surface area contributed by atoms with Crippen LogP contribution in [0.1, 0.15) is 38.7 Å². The number of rotatable bonds is 2. The van der Waals surface area contributed by atoms with E-state index in [0.29, 0.717) is 5.92 Å². The molecule has 2 aliphatic rings. The van der Waals surface area contributed by atoms with Crippen molar-refractivity contribution in [1.29, 1.82) is 0 Å². The average molecular weight is 312 g/mol. The van der Waals surface area contributed by atoms with E-state index in [0.717, 1.165) is 44.6 Å². The fourth-order valence-electron chi connectivity index (χ4n) is 3.56. The summed E-state index contributed by atoms with van der Waals surface area (Å²) in [7, 11) is 0. The van der Waals surface area contributed by atoms with Crippen molar-refractivity contribution in [2.24, 2.45) is 0 Å². The van der Waals surface area contributed by atoms with Crippen molar-refractivity contribution in [3.63, 3.8) is 0 Å². The van der Waals surface area contributed by atoms with Gasteiger partial charge in [-0.15, -0.1) is 11.3 Å². The van der Waals surface area contributed by atoms with Gasteiger partial charge in [0.25, 0.3) is 5.91 Å². The quantitative estimate of drug-likeness (QED) is 0.924. The number of hydrogen-bond donors (Lipinski definition) is 1. The number of thiophene rings is 1. The first-order valence-electron chi connectivity index (χ1n) is 7.97. The Labute approximate surface area is 135 Å². The first kappa shape index (κ1) is 14.0. The number of carbonyl (C=O) groups is 1. The van der Waals surface area contributed by atoms with Crippen molar-refractivity contribution in [2.45, 2.75) is 25.3 Å². The molecule has 22 heavy (non-hydrogen) atoms. The second-order valence-corrected chi connectivity index (χ2v) is 7.12. The zero-order valence-electron chi connectivity index (χ0n) is 12.5. The highest BCUT2D eigenvalue weighted by Crippen LogP contribution is 2.29. The summed E-state index contributed by atoms with van der Waals surface area (Å²) in [6.07, 6.45) is 2.12. The van der Waals surface area contributed by atoms with E-state index in [1.807, 2.05) is 28.4 Å². The normalized spacial score (nSPS) is 20.9. The first-order chi connectivity index (χ1) is 10.8. The lowest BCUT2D eigenvalue weighted by Crippen LogP contribution is -2.36. The summed E-state index contributed by atoms with van der Waals surface area (Å²) in [6, 6.07) is 10.3. The molecule has 1 N–H and O–H groups in total. The molecule has 4 rings (SSSR count). The summed E-state index contributed by atoms with van der Waals surface area (Å²) in [5, 5.41) is 5.54. The van der Waals surface area contributed by atoms with E-state index >= 15 is 0 Å². The molecule has 3 heterocycles. The molecule has 114 valence electrons. The van der Waals surface area contributed by atoms with E-state index in [4.69, 9.17) is 0 Å². The highest BCUT2D eigenvalue weighted by atomic mass is 32.1. The van der Waals surface area contributed by atoms with Crippen LogP contribution in [0.2, 0.25) is 0 Å². The molecule has 1 aromatic carbocycles. The average Bonchev–Trinajstić information content (AvgIpc) is 3.24. The van der Waals surface area contributed by atoms with Gasteiger partial charge in [-0.1, -0.05) is 18.2 Å².